The number of ether oxygens (including phenoxy) is 1. The number of carbonyl (C=O) groups is 4. The molecule has 0 saturated heterocycles. The number of hydrogen-bond donors (Lipinski definition) is 3. The number of amides is 4. The van der Waals surface area contributed by atoms with E-state index in [2.05, 4.69) is 16.6 Å². The molecule has 0 radical (unpaired) electrons. The first-order valence-corrected chi connectivity index (χ1v) is 11.9. The van der Waals surface area contributed by atoms with Gasteiger partial charge in [0.05, 0.1) is 6.42 Å². The smallest absolute Gasteiger partial charge is 0.408 e. The molecule has 0 saturated carbocycles. The van der Waals surface area contributed by atoms with Gasteiger partial charge in [-0.15, -0.1) is 6.42 Å². The average Bonchev–Trinajstić information content (AvgIpc) is 2.81. The van der Waals surface area contributed by atoms with E-state index in [1.54, 1.807) is 64.1 Å². The van der Waals surface area contributed by atoms with Crippen molar-refractivity contribution in [1.29, 1.82) is 0 Å². The highest BCUT2D eigenvalue weighted by Gasteiger charge is 2.36. The van der Waals surface area contributed by atoms with Gasteiger partial charge < -0.3 is 26.0 Å². The topological polar surface area (TPSA) is 131 Å². The van der Waals surface area contributed by atoms with Crippen LogP contribution in [0.5, 0.6) is 0 Å². The fourth-order valence-electron chi connectivity index (χ4n) is 3.67. The van der Waals surface area contributed by atoms with Gasteiger partial charge in [0.1, 0.15) is 17.7 Å². The molecule has 0 bridgehead atoms. The number of likely N-dealkylation sites (N-methyl/N-ethyl adjacent to an activating group) is 1. The fourth-order valence-corrected chi connectivity index (χ4v) is 3.67. The Morgan fingerprint density at radius 2 is 1.70 bits per heavy atom. The van der Waals surface area contributed by atoms with E-state index in [9.17, 15) is 19.2 Å². The van der Waals surface area contributed by atoms with Crippen LogP contribution in [0.25, 0.3) is 0 Å². The zero-order valence-corrected chi connectivity index (χ0v) is 21.8. The molecule has 0 aromatic heterocycles. The van der Waals surface area contributed by atoms with Crippen molar-refractivity contribution in [3.8, 4) is 12.3 Å². The summed E-state index contributed by atoms with van der Waals surface area (Å²) in [7, 11) is 0. The molecule has 2 unspecified atom stereocenters. The van der Waals surface area contributed by atoms with Gasteiger partial charge in [0, 0.05) is 17.8 Å². The molecule has 0 fully saturated rings. The number of para-hydroxylation sites is 1. The zero-order chi connectivity index (χ0) is 27.8. The molecule has 196 valence electrons. The fraction of sp³-hybridized carbons (Fsp3) is 0.357. The number of alkyl carbamates (subject to hydrolysis) is 1. The van der Waals surface area contributed by atoms with Crippen LogP contribution in [-0.4, -0.2) is 46.9 Å². The molecule has 0 heterocycles. The molecule has 2 atom stereocenters. The highest BCUT2D eigenvalue weighted by Crippen LogP contribution is 2.26. The summed E-state index contributed by atoms with van der Waals surface area (Å²) in [5.74, 6) is 0.573. The van der Waals surface area contributed by atoms with Gasteiger partial charge in [-0.25, -0.2) is 4.79 Å². The summed E-state index contributed by atoms with van der Waals surface area (Å²) >= 11 is 0. The molecule has 2 aromatic rings. The molecule has 0 aliphatic carbocycles. The molecule has 9 heteroatoms. The SMILES string of the molecule is C#Cc1ccc(C(C(=O)Nc2ccccc2C)N(CC)C(=O)C(CC(N)=O)NC(=O)OC(C)(C)C)cc1. The van der Waals surface area contributed by atoms with Crippen molar-refractivity contribution >= 4 is 29.5 Å². The molecular formula is C28H34N4O5. The highest BCUT2D eigenvalue weighted by molar-refractivity contribution is 6.00. The maximum atomic E-state index is 13.7. The summed E-state index contributed by atoms with van der Waals surface area (Å²) in [5, 5.41) is 5.31. The molecule has 2 rings (SSSR count). The summed E-state index contributed by atoms with van der Waals surface area (Å²) in [6.07, 6.45) is 4.11. The minimum atomic E-state index is -1.34. The number of nitrogens with zero attached hydrogens (tertiary/aromatic N) is 1. The first kappa shape index (κ1) is 28.9. The largest absolute Gasteiger partial charge is 0.444 e. The minimum absolute atomic E-state index is 0.0901. The lowest BCUT2D eigenvalue weighted by molar-refractivity contribution is -0.141. The van der Waals surface area contributed by atoms with Crippen molar-refractivity contribution in [2.75, 3.05) is 11.9 Å². The van der Waals surface area contributed by atoms with E-state index in [1.165, 1.54) is 4.90 Å². The minimum Gasteiger partial charge on any atom is -0.444 e. The van der Waals surface area contributed by atoms with Gasteiger partial charge in [0.25, 0.3) is 5.91 Å². The van der Waals surface area contributed by atoms with E-state index in [-0.39, 0.29) is 6.54 Å². The van der Waals surface area contributed by atoms with Crippen molar-refractivity contribution in [3.63, 3.8) is 0 Å². The van der Waals surface area contributed by atoms with E-state index in [0.29, 0.717) is 16.8 Å². The Kier molecular flexibility index (Phi) is 9.83. The molecule has 0 aliphatic rings. The van der Waals surface area contributed by atoms with Gasteiger partial charge in [-0.2, -0.15) is 0 Å². The number of carbonyl (C=O) groups excluding carboxylic acids is 4. The number of nitrogens with two attached hydrogens (primary N) is 1. The summed E-state index contributed by atoms with van der Waals surface area (Å²) in [5.41, 5.74) is 7.07. The summed E-state index contributed by atoms with van der Waals surface area (Å²) in [4.78, 5) is 52.8. The predicted octanol–water partition coefficient (Wildman–Crippen LogP) is 3.27. The van der Waals surface area contributed by atoms with E-state index in [4.69, 9.17) is 16.9 Å². The lowest BCUT2D eigenvalue weighted by Crippen LogP contribution is -2.53. The van der Waals surface area contributed by atoms with Gasteiger partial charge >= 0.3 is 6.09 Å². The van der Waals surface area contributed by atoms with Gasteiger partial charge in [-0.3, -0.25) is 14.4 Å². The third kappa shape index (κ3) is 8.39. The first-order valence-electron chi connectivity index (χ1n) is 11.9. The van der Waals surface area contributed by atoms with Crippen LogP contribution in [0.3, 0.4) is 0 Å². The normalized spacial score (nSPS) is 12.4. The van der Waals surface area contributed by atoms with Crippen molar-refractivity contribution in [2.24, 2.45) is 5.73 Å². The maximum absolute atomic E-state index is 13.7. The number of anilines is 1. The van der Waals surface area contributed by atoms with Crippen LogP contribution < -0.4 is 16.4 Å². The lowest BCUT2D eigenvalue weighted by atomic mass is 10.0. The third-order valence-corrected chi connectivity index (χ3v) is 5.37. The van der Waals surface area contributed by atoms with Crippen molar-refractivity contribution in [2.45, 2.75) is 58.7 Å². The zero-order valence-electron chi connectivity index (χ0n) is 21.8. The molecule has 0 aliphatic heterocycles. The third-order valence-electron chi connectivity index (χ3n) is 5.37. The number of benzene rings is 2. The number of nitrogens with one attached hydrogen (secondary N) is 2. The Bertz CT molecular complexity index is 1180. The van der Waals surface area contributed by atoms with Crippen LogP contribution in [0.4, 0.5) is 10.5 Å². The predicted molar refractivity (Wildman–Crippen MR) is 141 cm³/mol. The van der Waals surface area contributed by atoms with Gasteiger partial charge in [0.15, 0.2) is 0 Å². The molecule has 0 spiro atoms. The van der Waals surface area contributed by atoms with Gasteiger partial charge in [-0.1, -0.05) is 36.3 Å². The van der Waals surface area contributed by atoms with Crippen molar-refractivity contribution < 1.29 is 23.9 Å². The van der Waals surface area contributed by atoms with Crippen LogP contribution in [0.1, 0.15) is 56.8 Å². The monoisotopic (exact) mass is 506 g/mol. The van der Waals surface area contributed by atoms with E-state index >= 15 is 0 Å². The standard InChI is InChI=1S/C28H34N4O5/c1-7-19-13-15-20(16-14-19)24(25(34)30-21-12-10-9-11-18(21)3)32(8-2)26(35)22(17-23(29)33)31-27(36)37-28(4,5)6/h1,9-16,22,24H,8,17H2,2-6H3,(H2,29,33)(H,30,34)(H,31,36). The number of aryl methyl sites for hydroxylation is 1. The van der Waals surface area contributed by atoms with Crippen molar-refractivity contribution in [3.05, 3.63) is 65.2 Å². The molecule has 4 N–H and O–H groups in total. The van der Waals surface area contributed by atoms with Crippen LogP contribution in [-0.2, 0) is 19.1 Å². The Labute approximate surface area is 217 Å². The molecular weight excluding hydrogens is 472 g/mol. The van der Waals surface area contributed by atoms with E-state index < -0.39 is 47.9 Å². The number of hydrogen-bond acceptors (Lipinski definition) is 5. The second kappa shape index (κ2) is 12.6. The van der Waals surface area contributed by atoms with Crippen LogP contribution >= 0.6 is 0 Å². The Morgan fingerprint density at radius 3 is 2.22 bits per heavy atom. The van der Waals surface area contributed by atoms with E-state index in [1.807, 2.05) is 19.1 Å². The second-order valence-electron chi connectivity index (χ2n) is 9.47. The lowest BCUT2D eigenvalue weighted by Gasteiger charge is -2.33. The van der Waals surface area contributed by atoms with Crippen LogP contribution in [0, 0.1) is 19.3 Å². The molecule has 9 nitrogen and oxygen atoms in total. The summed E-state index contributed by atoms with van der Waals surface area (Å²) in [6.45, 7) is 8.64. The summed E-state index contributed by atoms with van der Waals surface area (Å²) < 4.78 is 5.25. The Balaban J connectivity index is 2.48. The first-order chi connectivity index (χ1) is 17.4. The molecule has 4 amide bonds. The van der Waals surface area contributed by atoms with E-state index in [0.717, 1.165) is 5.56 Å². The number of rotatable bonds is 9. The van der Waals surface area contributed by atoms with Crippen LogP contribution in [0.2, 0.25) is 0 Å². The maximum Gasteiger partial charge on any atom is 0.408 e. The average molecular weight is 507 g/mol. The van der Waals surface area contributed by atoms with Crippen LogP contribution in [0.15, 0.2) is 48.5 Å². The van der Waals surface area contributed by atoms with Gasteiger partial charge in [0.2, 0.25) is 11.8 Å². The number of terminal acetylenes is 1. The highest BCUT2D eigenvalue weighted by atomic mass is 16.6. The Hall–Kier alpha value is -4.32. The van der Waals surface area contributed by atoms with Crippen molar-refractivity contribution in [1.82, 2.24) is 10.2 Å². The molecule has 2 aromatic carbocycles. The van der Waals surface area contributed by atoms with Gasteiger partial charge in [-0.05, 0) is 63.9 Å². The summed E-state index contributed by atoms with van der Waals surface area (Å²) in [6, 6.07) is 11.5. The molecule has 37 heavy (non-hydrogen) atoms. The second-order valence-corrected chi connectivity index (χ2v) is 9.47. The Morgan fingerprint density at radius 1 is 1.08 bits per heavy atom. The number of primary amides is 1. The quantitative estimate of drug-likeness (QED) is 0.449.